The predicted molar refractivity (Wildman–Crippen MR) is 78.6 cm³/mol. The lowest BCUT2D eigenvalue weighted by Crippen LogP contribution is -2.39. The largest absolute Gasteiger partial charge is 0.481 e. The lowest BCUT2D eigenvalue weighted by molar-refractivity contribution is -0.138. The highest BCUT2D eigenvalue weighted by molar-refractivity contribution is 5.79. The van der Waals surface area contributed by atoms with Gasteiger partial charge in [0, 0.05) is 19.0 Å². The van der Waals surface area contributed by atoms with Gasteiger partial charge in [0.25, 0.3) is 0 Å². The molecule has 1 rings (SSSR count). The van der Waals surface area contributed by atoms with Crippen LogP contribution in [0.1, 0.15) is 37.8 Å². The lowest BCUT2D eigenvalue weighted by atomic mass is 10.0. The first-order chi connectivity index (χ1) is 9.41. The molecule has 0 saturated carbocycles. The van der Waals surface area contributed by atoms with Gasteiger partial charge in [-0.25, -0.2) is 0 Å². The molecular formula is C16H23NO3. The number of carbonyl (C=O) groups is 2. The van der Waals surface area contributed by atoms with Crippen molar-refractivity contribution in [3.8, 4) is 0 Å². The smallest absolute Gasteiger partial charge is 0.303 e. The van der Waals surface area contributed by atoms with Gasteiger partial charge in [0.1, 0.15) is 0 Å². The van der Waals surface area contributed by atoms with Crippen LogP contribution in [0.3, 0.4) is 0 Å². The molecule has 0 bridgehead atoms. The molecule has 1 aromatic rings. The second-order valence-corrected chi connectivity index (χ2v) is 5.28. The topological polar surface area (TPSA) is 57.6 Å². The molecule has 0 atom stereocenters. The molecule has 0 spiro atoms. The Balaban J connectivity index is 2.65. The quantitative estimate of drug-likeness (QED) is 0.833. The van der Waals surface area contributed by atoms with E-state index in [1.807, 2.05) is 45.0 Å². The van der Waals surface area contributed by atoms with Gasteiger partial charge in [-0.1, -0.05) is 24.3 Å². The van der Waals surface area contributed by atoms with Gasteiger partial charge >= 0.3 is 5.97 Å². The zero-order valence-corrected chi connectivity index (χ0v) is 12.4. The number of aryl methyl sites for hydroxylation is 1. The summed E-state index contributed by atoms with van der Waals surface area (Å²) in [5.41, 5.74) is 2.14. The fourth-order valence-corrected chi connectivity index (χ4v) is 2.14. The van der Waals surface area contributed by atoms with Crippen molar-refractivity contribution in [3.63, 3.8) is 0 Å². The monoisotopic (exact) mass is 277 g/mol. The molecule has 0 fully saturated rings. The van der Waals surface area contributed by atoms with Gasteiger partial charge in [-0.05, 0) is 38.3 Å². The van der Waals surface area contributed by atoms with E-state index < -0.39 is 5.97 Å². The molecule has 20 heavy (non-hydrogen) atoms. The van der Waals surface area contributed by atoms with Crippen LogP contribution in [0.25, 0.3) is 0 Å². The molecule has 0 aliphatic carbocycles. The SMILES string of the molecule is Cc1ccccc1CC(=O)N(CCCC(=O)O)C(C)C. The van der Waals surface area contributed by atoms with E-state index in [1.54, 1.807) is 4.90 Å². The third-order valence-corrected chi connectivity index (χ3v) is 3.34. The highest BCUT2D eigenvalue weighted by atomic mass is 16.4. The number of carbonyl (C=O) groups excluding carboxylic acids is 1. The molecule has 0 unspecified atom stereocenters. The molecule has 0 saturated heterocycles. The van der Waals surface area contributed by atoms with E-state index in [-0.39, 0.29) is 18.4 Å². The summed E-state index contributed by atoms with van der Waals surface area (Å²) in [5, 5.41) is 8.67. The number of benzene rings is 1. The summed E-state index contributed by atoms with van der Waals surface area (Å²) in [6.45, 7) is 6.40. The summed E-state index contributed by atoms with van der Waals surface area (Å²) in [6.07, 6.45) is 0.964. The summed E-state index contributed by atoms with van der Waals surface area (Å²) in [6, 6.07) is 7.92. The highest BCUT2D eigenvalue weighted by Crippen LogP contribution is 2.11. The molecule has 4 heteroatoms. The van der Waals surface area contributed by atoms with Gasteiger partial charge in [-0.15, -0.1) is 0 Å². The van der Waals surface area contributed by atoms with Crippen LogP contribution in [-0.2, 0) is 16.0 Å². The van der Waals surface area contributed by atoms with Crippen LogP contribution < -0.4 is 0 Å². The van der Waals surface area contributed by atoms with Crippen molar-refractivity contribution in [3.05, 3.63) is 35.4 Å². The van der Waals surface area contributed by atoms with Gasteiger partial charge in [0.05, 0.1) is 6.42 Å². The maximum Gasteiger partial charge on any atom is 0.303 e. The number of amides is 1. The van der Waals surface area contributed by atoms with Crippen molar-refractivity contribution in [1.29, 1.82) is 0 Å². The fraction of sp³-hybridized carbons (Fsp3) is 0.500. The predicted octanol–water partition coefficient (Wildman–Crippen LogP) is 2.64. The molecule has 0 radical (unpaired) electrons. The van der Waals surface area contributed by atoms with E-state index in [9.17, 15) is 9.59 Å². The van der Waals surface area contributed by atoms with Crippen LogP contribution in [0, 0.1) is 6.92 Å². The van der Waals surface area contributed by atoms with Crippen molar-refractivity contribution < 1.29 is 14.7 Å². The van der Waals surface area contributed by atoms with Gasteiger partial charge in [0.2, 0.25) is 5.91 Å². The van der Waals surface area contributed by atoms with Crippen molar-refractivity contribution in [1.82, 2.24) is 4.90 Å². The van der Waals surface area contributed by atoms with E-state index in [2.05, 4.69) is 0 Å². The Kier molecular flexibility index (Phi) is 6.22. The first-order valence-electron chi connectivity index (χ1n) is 6.97. The first kappa shape index (κ1) is 16.2. The zero-order valence-electron chi connectivity index (χ0n) is 12.4. The molecule has 0 aliphatic rings. The first-order valence-corrected chi connectivity index (χ1v) is 6.97. The van der Waals surface area contributed by atoms with E-state index in [1.165, 1.54) is 0 Å². The van der Waals surface area contributed by atoms with Crippen LogP contribution in [0.5, 0.6) is 0 Å². The fourth-order valence-electron chi connectivity index (χ4n) is 2.14. The summed E-state index contributed by atoms with van der Waals surface area (Å²) in [4.78, 5) is 24.7. The zero-order chi connectivity index (χ0) is 15.1. The normalized spacial score (nSPS) is 10.6. The Morgan fingerprint density at radius 1 is 1.25 bits per heavy atom. The highest BCUT2D eigenvalue weighted by Gasteiger charge is 2.17. The molecule has 4 nitrogen and oxygen atoms in total. The third kappa shape index (κ3) is 5.03. The number of hydrogen-bond donors (Lipinski definition) is 1. The Bertz CT molecular complexity index is 469. The summed E-state index contributed by atoms with van der Waals surface area (Å²) >= 11 is 0. The van der Waals surface area contributed by atoms with E-state index >= 15 is 0 Å². The summed E-state index contributed by atoms with van der Waals surface area (Å²) in [7, 11) is 0. The molecule has 1 amide bonds. The average molecular weight is 277 g/mol. The summed E-state index contributed by atoms with van der Waals surface area (Å²) in [5.74, 6) is -0.764. The van der Waals surface area contributed by atoms with Crippen LogP contribution in [0.2, 0.25) is 0 Å². The maximum atomic E-state index is 12.4. The molecule has 0 heterocycles. The maximum absolute atomic E-state index is 12.4. The number of carboxylic acid groups (broad SMARTS) is 1. The minimum absolute atomic E-state index is 0.0553. The Labute approximate surface area is 120 Å². The van der Waals surface area contributed by atoms with Crippen LogP contribution in [-0.4, -0.2) is 34.5 Å². The second kappa shape index (κ2) is 7.68. The van der Waals surface area contributed by atoms with E-state index in [4.69, 9.17) is 5.11 Å². The van der Waals surface area contributed by atoms with Crippen LogP contribution >= 0.6 is 0 Å². The number of aliphatic carboxylic acids is 1. The van der Waals surface area contributed by atoms with Crippen LogP contribution in [0.4, 0.5) is 0 Å². The second-order valence-electron chi connectivity index (χ2n) is 5.28. The Morgan fingerprint density at radius 3 is 2.45 bits per heavy atom. The van der Waals surface area contributed by atoms with Gasteiger partial charge in [-0.3, -0.25) is 9.59 Å². The lowest BCUT2D eigenvalue weighted by Gasteiger charge is -2.27. The van der Waals surface area contributed by atoms with E-state index in [0.29, 0.717) is 19.4 Å². The van der Waals surface area contributed by atoms with E-state index in [0.717, 1.165) is 11.1 Å². The molecule has 1 aromatic carbocycles. The van der Waals surface area contributed by atoms with Crippen molar-refractivity contribution in [2.75, 3.05) is 6.54 Å². The minimum Gasteiger partial charge on any atom is -0.481 e. The van der Waals surface area contributed by atoms with Crippen LogP contribution in [0.15, 0.2) is 24.3 Å². The standard InChI is InChI=1S/C16H23NO3/c1-12(2)17(10-6-9-16(19)20)15(18)11-14-8-5-4-7-13(14)3/h4-5,7-8,12H,6,9-11H2,1-3H3,(H,19,20). The number of nitrogens with zero attached hydrogens (tertiary/aromatic N) is 1. The molecular weight excluding hydrogens is 254 g/mol. The van der Waals surface area contributed by atoms with Crippen molar-refractivity contribution in [2.24, 2.45) is 0 Å². The third-order valence-electron chi connectivity index (χ3n) is 3.34. The molecule has 0 aromatic heterocycles. The van der Waals surface area contributed by atoms with Gasteiger partial charge in [0.15, 0.2) is 0 Å². The summed E-state index contributed by atoms with van der Waals surface area (Å²) < 4.78 is 0. The Morgan fingerprint density at radius 2 is 1.90 bits per heavy atom. The van der Waals surface area contributed by atoms with Gasteiger partial charge in [-0.2, -0.15) is 0 Å². The number of hydrogen-bond acceptors (Lipinski definition) is 2. The molecule has 0 aliphatic heterocycles. The Hall–Kier alpha value is -1.84. The molecule has 110 valence electrons. The average Bonchev–Trinajstić information content (AvgIpc) is 2.36. The van der Waals surface area contributed by atoms with Crippen molar-refractivity contribution >= 4 is 11.9 Å². The number of carboxylic acids is 1. The minimum atomic E-state index is -0.819. The van der Waals surface area contributed by atoms with Gasteiger partial charge < -0.3 is 10.0 Å². The van der Waals surface area contributed by atoms with Crippen molar-refractivity contribution in [2.45, 2.75) is 46.1 Å². The molecule has 1 N–H and O–H groups in total. The number of rotatable bonds is 7.